The first-order chi connectivity index (χ1) is 7.99. The average Bonchev–Trinajstić information content (AvgIpc) is 2.28. The zero-order chi connectivity index (χ0) is 12.9. The van der Waals surface area contributed by atoms with Gasteiger partial charge in [-0.25, -0.2) is 0 Å². The predicted octanol–water partition coefficient (Wildman–Crippen LogP) is 1.50. The minimum atomic E-state index is -1.02. The molecule has 1 fully saturated rings. The Labute approximate surface area is 102 Å². The van der Waals surface area contributed by atoms with Gasteiger partial charge in [0.25, 0.3) is 0 Å². The van der Waals surface area contributed by atoms with Crippen molar-refractivity contribution in [3.63, 3.8) is 0 Å². The molecule has 0 bridgehead atoms. The van der Waals surface area contributed by atoms with Gasteiger partial charge in [0.2, 0.25) is 5.91 Å². The van der Waals surface area contributed by atoms with E-state index < -0.39 is 11.4 Å². The summed E-state index contributed by atoms with van der Waals surface area (Å²) < 4.78 is 0. The molecule has 0 unspecified atom stereocenters. The Morgan fingerprint density at radius 2 is 1.94 bits per heavy atom. The Kier molecular flexibility index (Phi) is 4.56. The highest BCUT2D eigenvalue weighted by atomic mass is 16.4. The van der Waals surface area contributed by atoms with E-state index in [1.807, 2.05) is 6.92 Å². The normalized spacial score (nSPS) is 18.1. The summed E-state index contributed by atoms with van der Waals surface area (Å²) in [6.45, 7) is 1.68. The monoisotopic (exact) mass is 237 g/mol. The minimum absolute atomic E-state index is 0.0702. The maximum atomic E-state index is 12.3. The van der Waals surface area contributed by atoms with Gasteiger partial charge in [0.05, 0.1) is 6.54 Å². The van der Waals surface area contributed by atoms with Crippen LogP contribution in [0.3, 0.4) is 0 Å². The van der Waals surface area contributed by atoms with Crippen molar-refractivity contribution in [2.45, 2.75) is 39.0 Å². The largest absolute Gasteiger partial charge is 0.480 e. The molecule has 4 nitrogen and oxygen atoms in total. The molecule has 1 N–H and O–H groups in total. The van der Waals surface area contributed by atoms with Gasteiger partial charge < -0.3 is 10.0 Å². The summed E-state index contributed by atoms with van der Waals surface area (Å²) in [5.41, 5.74) is -0.426. The maximum Gasteiger partial charge on any atom is 0.323 e. The van der Waals surface area contributed by atoms with Crippen LogP contribution in [-0.4, -0.2) is 35.0 Å². The molecular formula is C13H19NO3. The Morgan fingerprint density at radius 3 is 2.41 bits per heavy atom. The van der Waals surface area contributed by atoms with Gasteiger partial charge >= 0.3 is 5.97 Å². The van der Waals surface area contributed by atoms with Crippen LogP contribution < -0.4 is 0 Å². The summed E-state index contributed by atoms with van der Waals surface area (Å²) in [5.74, 6) is 1.22. The van der Waals surface area contributed by atoms with E-state index in [2.05, 4.69) is 5.92 Å². The predicted molar refractivity (Wildman–Crippen MR) is 64.2 cm³/mol. The van der Waals surface area contributed by atoms with E-state index in [0.717, 1.165) is 32.1 Å². The van der Waals surface area contributed by atoms with Crippen LogP contribution in [-0.2, 0) is 9.59 Å². The molecule has 0 atom stereocenters. The number of carboxylic acids is 1. The van der Waals surface area contributed by atoms with Crippen molar-refractivity contribution in [1.82, 2.24) is 4.90 Å². The number of hydrogen-bond acceptors (Lipinski definition) is 2. The lowest BCUT2D eigenvalue weighted by Crippen LogP contribution is -2.45. The second-order valence-electron chi connectivity index (χ2n) is 4.88. The Bertz CT molecular complexity index is 337. The van der Waals surface area contributed by atoms with Gasteiger partial charge in [-0.2, -0.15) is 0 Å². The molecule has 0 saturated heterocycles. The third-order valence-electron chi connectivity index (χ3n) is 3.37. The molecular weight excluding hydrogens is 218 g/mol. The van der Waals surface area contributed by atoms with Crippen LogP contribution in [0.5, 0.6) is 0 Å². The van der Waals surface area contributed by atoms with Crippen LogP contribution in [0.25, 0.3) is 0 Å². The molecule has 1 saturated carbocycles. The van der Waals surface area contributed by atoms with Crippen LogP contribution in [0.1, 0.15) is 39.0 Å². The van der Waals surface area contributed by atoms with E-state index in [-0.39, 0.29) is 19.0 Å². The van der Waals surface area contributed by atoms with E-state index in [4.69, 9.17) is 11.5 Å². The lowest BCUT2D eigenvalue weighted by Gasteiger charge is -2.35. The van der Waals surface area contributed by atoms with Crippen LogP contribution in [0.15, 0.2) is 0 Å². The second-order valence-corrected chi connectivity index (χ2v) is 4.88. The summed E-state index contributed by atoms with van der Waals surface area (Å²) in [6, 6.07) is 0. The standard InChI is InChI=1S/C13H19NO3/c1-3-9-14(10-11(15)16)12(17)13(2)7-5-4-6-8-13/h1H,4-10H2,2H3,(H,15,16). The molecule has 0 aromatic rings. The molecule has 94 valence electrons. The fraction of sp³-hybridized carbons (Fsp3) is 0.692. The average molecular weight is 237 g/mol. The topological polar surface area (TPSA) is 57.6 Å². The number of terminal acetylenes is 1. The van der Waals surface area contributed by atoms with E-state index >= 15 is 0 Å². The van der Waals surface area contributed by atoms with Crippen LogP contribution in [0.4, 0.5) is 0 Å². The van der Waals surface area contributed by atoms with Gasteiger partial charge in [-0.3, -0.25) is 9.59 Å². The van der Waals surface area contributed by atoms with E-state index in [9.17, 15) is 9.59 Å². The summed E-state index contributed by atoms with van der Waals surface area (Å²) in [7, 11) is 0. The van der Waals surface area contributed by atoms with Gasteiger partial charge in [-0.1, -0.05) is 32.1 Å². The van der Waals surface area contributed by atoms with Gasteiger partial charge in [0, 0.05) is 5.41 Å². The summed E-state index contributed by atoms with van der Waals surface area (Å²) in [5, 5.41) is 8.78. The van der Waals surface area contributed by atoms with Crippen molar-refractivity contribution in [3.8, 4) is 12.3 Å². The number of carbonyl (C=O) groups excluding carboxylic acids is 1. The molecule has 1 aliphatic rings. The molecule has 4 heteroatoms. The van der Waals surface area contributed by atoms with Crippen molar-refractivity contribution in [3.05, 3.63) is 0 Å². The fourth-order valence-electron chi connectivity index (χ4n) is 2.40. The van der Waals surface area contributed by atoms with Crippen molar-refractivity contribution in [2.24, 2.45) is 5.41 Å². The number of hydrogen-bond donors (Lipinski definition) is 1. The number of rotatable bonds is 4. The molecule has 0 radical (unpaired) electrons. The molecule has 17 heavy (non-hydrogen) atoms. The lowest BCUT2D eigenvalue weighted by atomic mass is 9.74. The first kappa shape index (κ1) is 13.6. The molecule has 1 rings (SSSR count). The van der Waals surface area contributed by atoms with Gasteiger partial charge in [-0.15, -0.1) is 6.42 Å². The zero-order valence-corrected chi connectivity index (χ0v) is 10.2. The number of carboxylic acid groups (broad SMARTS) is 1. The van der Waals surface area contributed by atoms with Gasteiger partial charge in [0.15, 0.2) is 0 Å². The third kappa shape index (κ3) is 3.48. The maximum absolute atomic E-state index is 12.3. The van der Waals surface area contributed by atoms with Crippen LogP contribution >= 0.6 is 0 Å². The summed E-state index contributed by atoms with van der Waals surface area (Å²) in [4.78, 5) is 24.3. The van der Waals surface area contributed by atoms with Gasteiger partial charge in [-0.05, 0) is 12.8 Å². The summed E-state index contributed by atoms with van der Waals surface area (Å²) >= 11 is 0. The first-order valence-electron chi connectivity index (χ1n) is 5.94. The number of amides is 1. The first-order valence-corrected chi connectivity index (χ1v) is 5.94. The number of nitrogens with zero attached hydrogens (tertiary/aromatic N) is 1. The van der Waals surface area contributed by atoms with Crippen molar-refractivity contribution >= 4 is 11.9 Å². The highest BCUT2D eigenvalue weighted by Gasteiger charge is 2.37. The van der Waals surface area contributed by atoms with E-state index in [1.165, 1.54) is 4.90 Å². The minimum Gasteiger partial charge on any atom is -0.480 e. The smallest absolute Gasteiger partial charge is 0.323 e. The van der Waals surface area contributed by atoms with Crippen LogP contribution in [0, 0.1) is 17.8 Å². The highest BCUT2D eigenvalue weighted by Crippen LogP contribution is 2.37. The Morgan fingerprint density at radius 1 is 1.35 bits per heavy atom. The van der Waals surface area contributed by atoms with Crippen LogP contribution in [0.2, 0.25) is 0 Å². The molecule has 0 spiro atoms. The fourth-order valence-corrected chi connectivity index (χ4v) is 2.40. The van der Waals surface area contributed by atoms with E-state index in [1.54, 1.807) is 0 Å². The molecule has 1 amide bonds. The van der Waals surface area contributed by atoms with Gasteiger partial charge in [0.1, 0.15) is 6.54 Å². The zero-order valence-electron chi connectivity index (χ0n) is 10.2. The van der Waals surface area contributed by atoms with E-state index in [0.29, 0.717) is 0 Å². The SMILES string of the molecule is C#CCN(CC(=O)O)C(=O)C1(C)CCCCC1. The molecule has 0 aliphatic heterocycles. The third-order valence-corrected chi connectivity index (χ3v) is 3.37. The Balaban J connectivity index is 2.75. The molecule has 1 aliphatic carbocycles. The quantitative estimate of drug-likeness (QED) is 0.754. The second kappa shape index (κ2) is 5.72. The molecule has 0 aromatic heterocycles. The Hall–Kier alpha value is -1.50. The number of carbonyl (C=O) groups is 2. The van der Waals surface area contributed by atoms with Crippen molar-refractivity contribution < 1.29 is 14.7 Å². The molecule has 0 heterocycles. The number of aliphatic carboxylic acids is 1. The molecule has 0 aromatic carbocycles. The van der Waals surface area contributed by atoms with Crippen molar-refractivity contribution in [2.75, 3.05) is 13.1 Å². The van der Waals surface area contributed by atoms with Crippen molar-refractivity contribution in [1.29, 1.82) is 0 Å². The lowest BCUT2D eigenvalue weighted by molar-refractivity contribution is -0.149. The summed E-state index contributed by atoms with van der Waals surface area (Å²) in [6.07, 6.45) is 10.0. The highest BCUT2D eigenvalue weighted by molar-refractivity contribution is 5.86.